The van der Waals surface area contributed by atoms with E-state index in [4.69, 9.17) is 0 Å². The number of benzene rings is 1. The minimum atomic E-state index is 0.179. The third-order valence-corrected chi connectivity index (χ3v) is 4.25. The predicted molar refractivity (Wildman–Crippen MR) is 77.0 cm³/mol. The highest BCUT2D eigenvalue weighted by Crippen LogP contribution is 2.28. The quantitative estimate of drug-likeness (QED) is 0.886. The molecule has 0 fully saturated rings. The molecule has 1 atom stereocenters. The summed E-state index contributed by atoms with van der Waals surface area (Å²) < 4.78 is 0. The Balaban J connectivity index is 2.23. The van der Waals surface area contributed by atoms with E-state index in [-0.39, 0.29) is 12.5 Å². The molecule has 2 nitrogen and oxygen atoms in total. The molecule has 2 rings (SSSR count). The summed E-state index contributed by atoms with van der Waals surface area (Å²) in [6, 6.07) is 8.55. The van der Waals surface area contributed by atoms with Crippen molar-refractivity contribution in [1.82, 2.24) is 4.98 Å². The molecule has 0 aliphatic rings. The summed E-state index contributed by atoms with van der Waals surface area (Å²) in [7, 11) is 0. The molecule has 1 aromatic carbocycles. The fraction of sp³-hybridized carbons (Fsp3) is 0.400. The van der Waals surface area contributed by atoms with Gasteiger partial charge in [-0.3, -0.25) is 0 Å². The number of nitrogens with zero attached hydrogens (tertiary/aromatic N) is 1. The van der Waals surface area contributed by atoms with Crippen LogP contribution in [0.5, 0.6) is 0 Å². The molecule has 1 unspecified atom stereocenters. The number of hydrogen-bond donors (Lipinski definition) is 1. The fourth-order valence-corrected chi connectivity index (χ4v) is 2.91. The van der Waals surface area contributed by atoms with Gasteiger partial charge >= 0.3 is 0 Å². The van der Waals surface area contributed by atoms with Crippen molar-refractivity contribution in [3.8, 4) is 11.3 Å². The minimum absolute atomic E-state index is 0.179. The van der Waals surface area contributed by atoms with Gasteiger partial charge in [0.05, 0.1) is 17.3 Å². The fourth-order valence-electron chi connectivity index (χ4n) is 1.90. The second kappa shape index (κ2) is 6.12. The summed E-state index contributed by atoms with van der Waals surface area (Å²) >= 11 is 1.64. The summed E-state index contributed by atoms with van der Waals surface area (Å²) in [5, 5.41) is 12.4. The van der Waals surface area contributed by atoms with Gasteiger partial charge in [-0.2, -0.15) is 0 Å². The third-order valence-electron chi connectivity index (χ3n) is 3.24. The molecule has 0 aliphatic heterocycles. The van der Waals surface area contributed by atoms with E-state index in [0.29, 0.717) is 0 Å². The highest BCUT2D eigenvalue weighted by molar-refractivity contribution is 7.10. The zero-order chi connectivity index (χ0) is 13.0. The van der Waals surface area contributed by atoms with Gasteiger partial charge in [-0.25, -0.2) is 4.98 Å². The molecule has 3 heteroatoms. The molecule has 0 amide bonds. The molecule has 0 saturated carbocycles. The standard InChI is InChI=1S/C15H19NOS/c1-3-11-5-7-13(8-6-11)14-10-18-15(16-14)12(4-2)9-17/h5-8,10,12,17H,3-4,9H2,1-2H3. The topological polar surface area (TPSA) is 33.1 Å². The molecule has 0 spiro atoms. The Morgan fingerprint density at radius 3 is 2.50 bits per heavy atom. The molecule has 1 heterocycles. The first-order valence-corrected chi connectivity index (χ1v) is 7.32. The van der Waals surface area contributed by atoms with Gasteiger partial charge in [0.15, 0.2) is 0 Å². The number of thiazole rings is 1. The van der Waals surface area contributed by atoms with Gasteiger partial charge in [0, 0.05) is 16.9 Å². The number of aliphatic hydroxyl groups is 1. The first kappa shape index (κ1) is 13.2. The maximum absolute atomic E-state index is 9.29. The molecule has 2 aromatic rings. The Morgan fingerprint density at radius 1 is 1.22 bits per heavy atom. The van der Waals surface area contributed by atoms with Crippen molar-refractivity contribution in [2.75, 3.05) is 6.61 Å². The lowest BCUT2D eigenvalue weighted by Crippen LogP contribution is -2.01. The van der Waals surface area contributed by atoms with Crippen LogP contribution in [0.15, 0.2) is 29.6 Å². The average molecular weight is 261 g/mol. The van der Waals surface area contributed by atoms with Crippen LogP contribution in [0, 0.1) is 0 Å². The van der Waals surface area contributed by atoms with Crippen molar-refractivity contribution in [3.05, 3.63) is 40.2 Å². The van der Waals surface area contributed by atoms with E-state index < -0.39 is 0 Å². The van der Waals surface area contributed by atoms with Crippen molar-refractivity contribution in [2.24, 2.45) is 0 Å². The van der Waals surface area contributed by atoms with E-state index in [9.17, 15) is 5.11 Å². The zero-order valence-corrected chi connectivity index (χ0v) is 11.7. The van der Waals surface area contributed by atoms with E-state index in [0.717, 1.165) is 29.1 Å². The molecule has 0 saturated heterocycles. The van der Waals surface area contributed by atoms with E-state index in [2.05, 4.69) is 48.5 Å². The van der Waals surface area contributed by atoms with Crippen molar-refractivity contribution in [1.29, 1.82) is 0 Å². The summed E-state index contributed by atoms with van der Waals surface area (Å²) in [6.45, 7) is 4.42. The van der Waals surface area contributed by atoms with Crippen LogP contribution in [-0.2, 0) is 6.42 Å². The van der Waals surface area contributed by atoms with Crippen LogP contribution in [0.4, 0.5) is 0 Å². The lowest BCUT2D eigenvalue weighted by atomic mass is 10.1. The van der Waals surface area contributed by atoms with Gasteiger partial charge in [-0.1, -0.05) is 38.1 Å². The minimum Gasteiger partial charge on any atom is -0.396 e. The molecular formula is C15H19NOS. The predicted octanol–water partition coefficient (Wildman–Crippen LogP) is 3.86. The Morgan fingerprint density at radius 2 is 1.94 bits per heavy atom. The number of aryl methyl sites for hydroxylation is 1. The van der Waals surface area contributed by atoms with Gasteiger partial charge in [0.1, 0.15) is 0 Å². The molecule has 96 valence electrons. The van der Waals surface area contributed by atoms with E-state index in [1.807, 2.05) is 0 Å². The number of aliphatic hydroxyl groups excluding tert-OH is 1. The highest BCUT2D eigenvalue weighted by Gasteiger charge is 2.13. The molecule has 1 N–H and O–H groups in total. The van der Waals surface area contributed by atoms with Crippen LogP contribution in [0.3, 0.4) is 0 Å². The first-order chi connectivity index (χ1) is 8.78. The maximum atomic E-state index is 9.29. The van der Waals surface area contributed by atoms with Crippen LogP contribution in [0.25, 0.3) is 11.3 Å². The number of hydrogen-bond acceptors (Lipinski definition) is 3. The van der Waals surface area contributed by atoms with Crippen molar-refractivity contribution < 1.29 is 5.11 Å². The van der Waals surface area contributed by atoms with Crippen LogP contribution in [0.2, 0.25) is 0 Å². The van der Waals surface area contributed by atoms with Gasteiger partial charge in [-0.15, -0.1) is 11.3 Å². The Labute approximate surface area is 112 Å². The number of rotatable bonds is 5. The number of aromatic nitrogens is 1. The molecule has 0 radical (unpaired) electrons. The van der Waals surface area contributed by atoms with Gasteiger partial charge in [-0.05, 0) is 18.4 Å². The lowest BCUT2D eigenvalue weighted by Gasteiger charge is -2.06. The molecule has 0 aliphatic carbocycles. The van der Waals surface area contributed by atoms with Crippen molar-refractivity contribution >= 4 is 11.3 Å². The summed E-state index contributed by atoms with van der Waals surface area (Å²) in [6.07, 6.45) is 1.99. The van der Waals surface area contributed by atoms with Crippen molar-refractivity contribution in [2.45, 2.75) is 32.6 Å². The smallest absolute Gasteiger partial charge is 0.0986 e. The largest absolute Gasteiger partial charge is 0.396 e. The van der Waals surface area contributed by atoms with Crippen molar-refractivity contribution in [3.63, 3.8) is 0 Å². The van der Waals surface area contributed by atoms with Gasteiger partial charge in [0.2, 0.25) is 0 Å². The molecular weight excluding hydrogens is 242 g/mol. The zero-order valence-electron chi connectivity index (χ0n) is 10.9. The van der Waals surface area contributed by atoms with E-state index in [1.165, 1.54) is 5.56 Å². The average Bonchev–Trinajstić information content (AvgIpc) is 2.90. The summed E-state index contributed by atoms with van der Waals surface area (Å²) in [5.74, 6) is 0.179. The monoisotopic (exact) mass is 261 g/mol. The van der Waals surface area contributed by atoms with Gasteiger partial charge < -0.3 is 5.11 Å². The van der Waals surface area contributed by atoms with Crippen LogP contribution < -0.4 is 0 Å². The van der Waals surface area contributed by atoms with E-state index in [1.54, 1.807) is 11.3 Å². The van der Waals surface area contributed by atoms with Gasteiger partial charge in [0.25, 0.3) is 0 Å². The van der Waals surface area contributed by atoms with Crippen LogP contribution in [0.1, 0.15) is 36.8 Å². The molecule has 1 aromatic heterocycles. The first-order valence-electron chi connectivity index (χ1n) is 6.44. The Kier molecular flexibility index (Phi) is 4.50. The lowest BCUT2D eigenvalue weighted by molar-refractivity contribution is 0.262. The van der Waals surface area contributed by atoms with Crippen LogP contribution >= 0.6 is 11.3 Å². The third kappa shape index (κ3) is 2.79. The Bertz CT molecular complexity index is 485. The van der Waals surface area contributed by atoms with Crippen LogP contribution in [-0.4, -0.2) is 16.7 Å². The van der Waals surface area contributed by atoms with E-state index >= 15 is 0 Å². The normalized spacial score (nSPS) is 12.6. The molecule has 18 heavy (non-hydrogen) atoms. The SMILES string of the molecule is CCc1ccc(-c2csc(C(CC)CO)n2)cc1. The highest BCUT2D eigenvalue weighted by atomic mass is 32.1. The summed E-state index contributed by atoms with van der Waals surface area (Å²) in [4.78, 5) is 4.64. The Hall–Kier alpha value is -1.19. The second-order valence-corrected chi connectivity index (χ2v) is 5.30. The second-order valence-electron chi connectivity index (χ2n) is 4.41. The molecule has 0 bridgehead atoms. The maximum Gasteiger partial charge on any atom is 0.0986 e. The summed E-state index contributed by atoms with van der Waals surface area (Å²) in [5.41, 5.74) is 3.52.